The number of nitrogen functional groups attached to an aromatic ring is 1. The van der Waals surface area contributed by atoms with Crippen LogP contribution in [0.1, 0.15) is 39.5 Å². The van der Waals surface area contributed by atoms with Crippen molar-refractivity contribution in [2.24, 2.45) is 5.41 Å². The number of nitrogens with one attached hydrogen (secondary N) is 1. The average molecular weight is 348 g/mol. The maximum Gasteiger partial charge on any atom is 0.0954 e. The Bertz CT molecular complexity index is 656. The molecule has 1 fully saturated rings. The number of halogens is 1. The first kappa shape index (κ1) is 14.6. The number of fused-ring (bicyclic) bond motifs is 1. The van der Waals surface area contributed by atoms with Gasteiger partial charge in [-0.1, -0.05) is 13.8 Å². The van der Waals surface area contributed by atoms with E-state index in [9.17, 15) is 0 Å². The largest absolute Gasteiger partial charge is 0.398 e. The molecular formula is C17H22BrN3. The zero-order chi connectivity index (χ0) is 15.0. The smallest absolute Gasteiger partial charge is 0.0954 e. The summed E-state index contributed by atoms with van der Waals surface area (Å²) < 4.78 is 0.957. The van der Waals surface area contributed by atoms with Crippen molar-refractivity contribution in [3.63, 3.8) is 0 Å². The van der Waals surface area contributed by atoms with Crippen LogP contribution in [0.5, 0.6) is 0 Å². The highest BCUT2D eigenvalue weighted by Gasteiger charge is 2.26. The molecule has 21 heavy (non-hydrogen) atoms. The number of nitrogens with zero attached hydrogens (tertiary/aromatic N) is 1. The second-order valence-corrected chi connectivity index (χ2v) is 7.75. The molecule has 0 aliphatic heterocycles. The molecule has 0 atom stereocenters. The molecule has 3 nitrogen and oxygen atoms in total. The number of anilines is 2. The Balaban J connectivity index is 1.86. The van der Waals surface area contributed by atoms with E-state index in [0.29, 0.717) is 11.5 Å². The summed E-state index contributed by atoms with van der Waals surface area (Å²) in [7, 11) is 0. The van der Waals surface area contributed by atoms with E-state index in [1.165, 1.54) is 25.7 Å². The molecule has 0 bridgehead atoms. The van der Waals surface area contributed by atoms with Gasteiger partial charge in [0.25, 0.3) is 0 Å². The van der Waals surface area contributed by atoms with Crippen molar-refractivity contribution >= 4 is 38.2 Å². The van der Waals surface area contributed by atoms with Crippen molar-refractivity contribution in [1.29, 1.82) is 0 Å². The monoisotopic (exact) mass is 347 g/mol. The minimum Gasteiger partial charge on any atom is -0.398 e. The molecule has 0 amide bonds. The first-order valence-corrected chi connectivity index (χ1v) is 8.34. The second kappa shape index (κ2) is 5.48. The summed E-state index contributed by atoms with van der Waals surface area (Å²) in [6, 6.07) is 6.59. The van der Waals surface area contributed by atoms with Crippen LogP contribution in [0.3, 0.4) is 0 Å². The summed E-state index contributed by atoms with van der Waals surface area (Å²) in [5.74, 6) is 0. The van der Waals surface area contributed by atoms with Gasteiger partial charge in [0, 0.05) is 27.8 Å². The molecule has 3 N–H and O–H groups in total. The predicted octanol–water partition coefficient (Wildman–Crippen LogP) is 4.96. The lowest BCUT2D eigenvalue weighted by molar-refractivity contribution is 0.232. The first-order chi connectivity index (χ1) is 9.94. The standard InChI is InChI=1S/C17H22BrN3/c1-17(2)7-5-12(6-8-17)21-15-4-3-14(19)13-9-11(18)10-20-16(13)15/h3-4,9-10,12,21H,5-8,19H2,1-2H3. The van der Waals surface area contributed by atoms with E-state index >= 15 is 0 Å². The molecule has 1 aliphatic rings. The van der Waals surface area contributed by atoms with Crippen LogP contribution in [0.25, 0.3) is 10.9 Å². The van der Waals surface area contributed by atoms with Crippen molar-refractivity contribution in [2.45, 2.75) is 45.6 Å². The number of aromatic nitrogens is 1. The summed E-state index contributed by atoms with van der Waals surface area (Å²) in [6.45, 7) is 4.72. The maximum absolute atomic E-state index is 6.07. The minimum atomic E-state index is 0.491. The van der Waals surface area contributed by atoms with Gasteiger partial charge in [-0.25, -0.2) is 0 Å². The van der Waals surface area contributed by atoms with Gasteiger partial charge in [-0.2, -0.15) is 0 Å². The molecule has 1 aliphatic carbocycles. The quantitative estimate of drug-likeness (QED) is 0.754. The van der Waals surface area contributed by atoms with Crippen LogP contribution in [0.2, 0.25) is 0 Å². The lowest BCUT2D eigenvalue weighted by Crippen LogP contribution is -2.29. The van der Waals surface area contributed by atoms with E-state index in [4.69, 9.17) is 5.73 Å². The molecule has 3 rings (SSSR count). The lowest BCUT2D eigenvalue weighted by atomic mass is 9.75. The van der Waals surface area contributed by atoms with Gasteiger partial charge in [0.05, 0.1) is 11.2 Å². The van der Waals surface area contributed by atoms with Crippen LogP contribution in [0.4, 0.5) is 11.4 Å². The fraction of sp³-hybridized carbons (Fsp3) is 0.471. The fourth-order valence-corrected chi connectivity index (χ4v) is 3.43. The third-order valence-corrected chi connectivity index (χ3v) is 4.98. The van der Waals surface area contributed by atoms with Crippen LogP contribution in [0, 0.1) is 5.41 Å². The minimum absolute atomic E-state index is 0.491. The summed E-state index contributed by atoms with van der Waals surface area (Å²) in [5, 5.41) is 4.68. The molecule has 0 saturated heterocycles. The highest BCUT2D eigenvalue weighted by molar-refractivity contribution is 9.10. The summed E-state index contributed by atoms with van der Waals surface area (Å²) in [5.41, 5.74) is 9.39. The summed E-state index contributed by atoms with van der Waals surface area (Å²) in [6.07, 6.45) is 6.81. The number of benzene rings is 1. The Morgan fingerprint density at radius 3 is 2.71 bits per heavy atom. The van der Waals surface area contributed by atoms with E-state index in [1.807, 2.05) is 18.3 Å². The Morgan fingerprint density at radius 2 is 2.00 bits per heavy atom. The first-order valence-electron chi connectivity index (χ1n) is 7.55. The number of pyridine rings is 1. The molecule has 4 heteroatoms. The second-order valence-electron chi connectivity index (χ2n) is 6.83. The van der Waals surface area contributed by atoms with E-state index in [1.54, 1.807) is 0 Å². The van der Waals surface area contributed by atoms with Crippen LogP contribution < -0.4 is 11.1 Å². The molecule has 0 spiro atoms. The van der Waals surface area contributed by atoms with Gasteiger partial charge in [-0.3, -0.25) is 4.98 Å². The topological polar surface area (TPSA) is 50.9 Å². The Morgan fingerprint density at radius 1 is 1.29 bits per heavy atom. The number of hydrogen-bond donors (Lipinski definition) is 2. The zero-order valence-electron chi connectivity index (χ0n) is 12.6. The van der Waals surface area contributed by atoms with E-state index in [0.717, 1.165) is 26.8 Å². The van der Waals surface area contributed by atoms with Gasteiger partial charge in [-0.05, 0) is 65.2 Å². The molecule has 1 saturated carbocycles. The van der Waals surface area contributed by atoms with Crippen LogP contribution >= 0.6 is 15.9 Å². The Labute approximate surface area is 134 Å². The third-order valence-electron chi connectivity index (χ3n) is 4.55. The molecular weight excluding hydrogens is 326 g/mol. The van der Waals surface area contributed by atoms with Crippen molar-refractivity contribution in [3.05, 3.63) is 28.9 Å². The van der Waals surface area contributed by atoms with Gasteiger partial charge < -0.3 is 11.1 Å². The van der Waals surface area contributed by atoms with Gasteiger partial charge in [0.2, 0.25) is 0 Å². The maximum atomic E-state index is 6.07. The Kier molecular flexibility index (Phi) is 3.82. The molecule has 1 heterocycles. The van der Waals surface area contributed by atoms with E-state index in [2.05, 4.69) is 46.1 Å². The lowest BCUT2D eigenvalue weighted by Gasteiger charge is -2.35. The van der Waals surface area contributed by atoms with Crippen molar-refractivity contribution in [1.82, 2.24) is 4.98 Å². The van der Waals surface area contributed by atoms with E-state index < -0.39 is 0 Å². The number of nitrogens with two attached hydrogens (primary N) is 1. The average Bonchev–Trinajstić information content (AvgIpc) is 2.44. The van der Waals surface area contributed by atoms with Gasteiger partial charge in [-0.15, -0.1) is 0 Å². The highest BCUT2D eigenvalue weighted by Crippen LogP contribution is 2.37. The van der Waals surface area contributed by atoms with Crippen molar-refractivity contribution < 1.29 is 0 Å². The van der Waals surface area contributed by atoms with Crippen LogP contribution in [-0.4, -0.2) is 11.0 Å². The molecule has 0 unspecified atom stereocenters. The van der Waals surface area contributed by atoms with Crippen LogP contribution in [0.15, 0.2) is 28.9 Å². The number of rotatable bonds is 2. The van der Waals surface area contributed by atoms with Gasteiger partial charge in [0.1, 0.15) is 0 Å². The van der Waals surface area contributed by atoms with E-state index in [-0.39, 0.29) is 0 Å². The normalized spacial score (nSPS) is 18.8. The van der Waals surface area contributed by atoms with Crippen LogP contribution in [-0.2, 0) is 0 Å². The highest BCUT2D eigenvalue weighted by atomic mass is 79.9. The number of hydrogen-bond acceptors (Lipinski definition) is 3. The predicted molar refractivity (Wildman–Crippen MR) is 93.5 cm³/mol. The fourth-order valence-electron chi connectivity index (χ4n) is 3.10. The van der Waals surface area contributed by atoms with Crippen molar-refractivity contribution in [3.8, 4) is 0 Å². The summed E-state index contributed by atoms with van der Waals surface area (Å²) in [4.78, 5) is 4.55. The summed E-state index contributed by atoms with van der Waals surface area (Å²) >= 11 is 3.46. The van der Waals surface area contributed by atoms with Crippen molar-refractivity contribution in [2.75, 3.05) is 11.1 Å². The molecule has 2 aromatic rings. The molecule has 112 valence electrons. The molecule has 1 aromatic carbocycles. The molecule has 1 aromatic heterocycles. The third kappa shape index (κ3) is 3.15. The van der Waals surface area contributed by atoms with Gasteiger partial charge in [0.15, 0.2) is 0 Å². The van der Waals surface area contributed by atoms with Gasteiger partial charge >= 0.3 is 0 Å². The Hall–Kier alpha value is -1.29. The SMILES string of the molecule is CC1(C)CCC(Nc2ccc(N)c3cc(Br)cnc23)CC1. The zero-order valence-corrected chi connectivity index (χ0v) is 14.2. The molecule has 0 radical (unpaired) electrons.